The lowest BCUT2D eigenvalue weighted by Crippen LogP contribution is -2.21. The normalized spacial score (nSPS) is 14.1. The predicted molar refractivity (Wildman–Crippen MR) is 55.7 cm³/mol. The molecule has 0 fully saturated rings. The van der Waals surface area contributed by atoms with Crippen molar-refractivity contribution < 1.29 is 35.6 Å². The number of hydrogen-bond donors (Lipinski definition) is 0. The lowest BCUT2D eigenvalue weighted by Gasteiger charge is -2.08. The van der Waals surface area contributed by atoms with Crippen LogP contribution in [0.1, 0.15) is 9.75 Å². The van der Waals surface area contributed by atoms with E-state index < -0.39 is 15.6 Å². The molecular weight excluding hydrogens is 297 g/mol. The molecule has 1 aromatic rings. The predicted octanol–water partition coefficient (Wildman–Crippen LogP) is 2.15. The molecule has 5 nitrogen and oxygen atoms in total. The van der Waals surface area contributed by atoms with Crippen LogP contribution >= 0.6 is 11.3 Å². The summed E-state index contributed by atoms with van der Waals surface area (Å²) in [6.45, 7) is 4.48. The highest BCUT2D eigenvalue weighted by molar-refractivity contribution is 7.86. The molecule has 1 aliphatic heterocycles. The van der Waals surface area contributed by atoms with Gasteiger partial charge in [-0.2, -0.15) is 13.2 Å². The van der Waals surface area contributed by atoms with Crippen molar-refractivity contribution in [3.8, 4) is 11.5 Å². The van der Waals surface area contributed by atoms with E-state index in [9.17, 15) is 13.2 Å². The zero-order valence-electron chi connectivity index (χ0n) is 9.20. The van der Waals surface area contributed by atoms with Crippen LogP contribution in [0, 0.1) is 13.8 Å². The average Bonchev–Trinajstić information content (AvgIpc) is 2.70. The molecule has 0 bridgehead atoms. The third kappa shape index (κ3) is 3.27. The van der Waals surface area contributed by atoms with Crippen LogP contribution in [0.2, 0.25) is 0 Å². The van der Waals surface area contributed by atoms with Gasteiger partial charge in [-0.05, 0) is 13.8 Å². The molecule has 0 aromatic carbocycles. The number of hydrogen-bond acceptors (Lipinski definition) is 6. The monoisotopic (exact) mass is 305 g/mol. The van der Waals surface area contributed by atoms with Crippen LogP contribution in [-0.2, 0) is 10.1 Å². The number of aryl methyl sites for hydroxylation is 2. The summed E-state index contributed by atoms with van der Waals surface area (Å²) in [4.78, 5) is 2.43. The maximum absolute atomic E-state index is 10.7. The van der Waals surface area contributed by atoms with E-state index in [4.69, 9.17) is 22.4 Å². The molecule has 0 N–H and O–H groups in total. The quantitative estimate of drug-likeness (QED) is 0.542. The standard InChI is InChI=1S/C7H8O2S.CHF3O3S/c1-4-6-7(5(2)10-4)9-3-8-6;2-1(3,4)8(5,6)7/h3H2,1-2H3;(H,5,6,7)/p-1. The number of alkyl halides is 3. The molecule has 10 heteroatoms. The van der Waals surface area contributed by atoms with Gasteiger partial charge in [0.1, 0.15) is 0 Å². The Kier molecular flexibility index (Phi) is 4.13. The summed E-state index contributed by atoms with van der Waals surface area (Å²) >= 11 is 1.72. The number of halogens is 3. The Labute approximate surface area is 105 Å². The van der Waals surface area contributed by atoms with Crippen LogP contribution in [0.5, 0.6) is 11.5 Å². The molecule has 0 spiro atoms. The van der Waals surface area contributed by atoms with E-state index in [1.807, 2.05) is 13.8 Å². The summed E-state index contributed by atoms with van der Waals surface area (Å²) < 4.78 is 69.4. The van der Waals surface area contributed by atoms with E-state index in [1.165, 1.54) is 9.75 Å². The van der Waals surface area contributed by atoms with Crippen LogP contribution < -0.4 is 9.47 Å². The molecule has 1 aliphatic rings. The molecule has 0 saturated heterocycles. The van der Waals surface area contributed by atoms with Crippen LogP contribution in [0.15, 0.2) is 0 Å². The lowest BCUT2D eigenvalue weighted by molar-refractivity contribution is -0.0517. The second kappa shape index (κ2) is 4.94. The van der Waals surface area contributed by atoms with Gasteiger partial charge < -0.3 is 14.0 Å². The van der Waals surface area contributed by atoms with Gasteiger partial charge in [-0.25, -0.2) is 8.42 Å². The smallest absolute Gasteiger partial charge is 0.485 e. The van der Waals surface area contributed by atoms with Gasteiger partial charge in [0.25, 0.3) is 0 Å². The first-order valence-corrected chi connectivity index (χ1v) is 6.64. The summed E-state index contributed by atoms with van der Waals surface area (Å²) in [5.41, 5.74) is -5.65. The maximum atomic E-state index is 10.7. The fraction of sp³-hybridized carbons (Fsp3) is 0.500. The first-order chi connectivity index (χ1) is 8.04. The molecule has 0 unspecified atom stereocenters. The van der Waals surface area contributed by atoms with Gasteiger partial charge in [-0.1, -0.05) is 0 Å². The number of thiophene rings is 1. The minimum atomic E-state index is -6.09. The van der Waals surface area contributed by atoms with Gasteiger partial charge >= 0.3 is 5.51 Å². The third-order valence-electron chi connectivity index (χ3n) is 1.84. The Hall–Kier alpha value is -1.00. The largest absolute Gasteiger partial charge is 0.741 e. The summed E-state index contributed by atoms with van der Waals surface area (Å²) in [6, 6.07) is 0. The van der Waals surface area contributed by atoms with E-state index in [2.05, 4.69) is 0 Å². The Balaban J connectivity index is 0.000000187. The van der Waals surface area contributed by atoms with Gasteiger partial charge in [0.15, 0.2) is 21.6 Å². The van der Waals surface area contributed by atoms with E-state index in [0.717, 1.165) is 11.5 Å². The molecule has 0 saturated carbocycles. The van der Waals surface area contributed by atoms with Crippen LogP contribution in [0.4, 0.5) is 13.2 Å². The van der Waals surface area contributed by atoms with Gasteiger partial charge in [-0.15, -0.1) is 11.3 Å². The zero-order valence-corrected chi connectivity index (χ0v) is 10.8. The van der Waals surface area contributed by atoms with Crippen LogP contribution in [-0.4, -0.2) is 25.3 Å². The van der Waals surface area contributed by atoms with Gasteiger partial charge in [-0.3, -0.25) is 0 Å². The highest BCUT2D eigenvalue weighted by atomic mass is 32.2. The Morgan fingerprint density at radius 1 is 1.17 bits per heavy atom. The SMILES string of the molecule is Cc1sc(C)c2c1OCO2.O=S(=O)([O-])C(F)(F)F. The number of fused-ring (bicyclic) bond motifs is 1. The molecule has 0 amide bonds. The fourth-order valence-corrected chi connectivity index (χ4v) is 2.07. The van der Waals surface area contributed by atoms with Crippen molar-refractivity contribution in [3.63, 3.8) is 0 Å². The van der Waals surface area contributed by atoms with Crippen molar-refractivity contribution >= 4 is 21.5 Å². The summed E-state index contributed by atoms with van der Waals surface area (Å²) in [5.74, 6) is 1.89. The number of rotatable bonds is 0. The van der Waals surface area contributed by atoms with Gasteiger partial charge in [0, 0.05) is 9.75 Å². The van der Waals surface area contributed by atoms with E-state index in [-0.39, 0.29) is 0 Å². The molecule has 104 valence electrons. The maximum Gasteiger partial charge on any atom is 0.485 e. The van der Waals surface area contributed by atoms with Crippen molar-refractivity contribution in [3.05, 3.63) is 9.75 Å². The fourth-order valence-electron chi connectivity index (χ4n) is 1.12. The van der Waals surface area contributed by atoms with Crippen molar-refractivity contribution in [1.82, 2.24) is 0 Å². The first kappa shape index (κ1) is 15.1. The van der Waals surface area contributed by atoms with Crippen molar-refractivity contribution in [2.75, 3.05) is 6.79 Å². The summed E-state index contributed by atoms with van der Waals surface area (Å²) in [7, 11) is -6.09. The minimum absolute atomic E-state index is 0.389. The average molecular weight is 305 g/mol. The van der Waals surface area contributed by atoms with E-state index in [0.29, 0.717) is 6.79 Å². The highest BCUT2D eigenvalue weighted by Crippen LogP contribution is 2.43. The molecule has 1 aromatic heterocycles. The molecule has 0 radical (unpaired) electrons. The molecular formula is C8H8F3O5S2-. The van der Waals surface area contributed by atoms with E-state index in [1.54, 1.807) is 11.3 Å². The van der Waals surface area contributed by atoms with Crippen LogP contribution in [0.25, 0.3) is 0 Å². The van der Waals surface area contributed by atoms with Crippen molar-refractivity contribution in [2.45, 2.75) is 19.4 Å². The summed E-state index contributed by atoms with van der Waals surface area (Å²) in [6.07, 6.45) is 0. The molecule has 2 heterocycles. The second-order valence-electron chi connectivity index (χ2n) is 3.18. The Morgan fingerprint density at radius 2 is 1.50 bits per heavy atom. The Bertz CT molecular complexity index is 507. The second-order valence-corrected chi connectivity index (χ2v) is 5.98. The third-order valence-corrected chi connectivity index (χ3v) is 3.39. The number of ether oxygens (including phenoxy) is 2. The first-order valence-electron chi connectivity index (χ1n) is 4.41. The Morgan fingerprint density at radius 3 is 1.78 bits per heavy atom. The summed E-state index contributed by atoms with van der Waals surface area (Å²) in [5, 5.41) is 0. The lowest BCUT2D eigenvalue weighted by atomic mass is 10.4. The van der Waals surface area contributed by atoms with Crippen molar-refractivity contribution in [1.29, 1.82) is 0 Å². The highest BCUT2D eigenvalue weighted by Gasteiger charge is 2.36. The molecule has 18 heavy (non-hydrogen) atoms. The minimum Gasteiger partial charge on any atom is -0.741 e. The molecule has 0 atom stereocenters. The van der Waals surface area contributed by atoms with Crippen LogP contribution in [0.3, 0.4) is 0 Å². The topological polar surface area (TPSA) is 75.7 Å². The van der Waals surface area contributed by atoms with Crippen molar-refractivity contribution in [2.24, 2.45) is 0 Å². The van der Waals surface area contributed by atoms with Gasteiger partial charge in [0.05, 0.1) is 0 Å². The van der Waals surface area contributed by atoms with Gasteiger partial charge in [0.2, 0.25) is 6.79 Å². The molecule has 2 rings (SSSR count). The zero-order chi connectivity index (χ0) is 14.1. The molecule has 0 aliphatic carbocycles. The van der Waals surface area contributed by atoms with E-state index >= 15 is 0 Å².